The summed E-state index contributed by atoms with van der Waals surface area (Å²) in [5, 5.41) is 11.0. The number of aromatic nitrogens is 2. The molecule has 184 valence electrons. The Labute approximate surface area is 207 Å². The minimum atomic E-state index is -0.981. The van der Waals surface area contributed by atoms with Gasteiger partial charge in [0.25, 0.3) is 0 Å². The van der Waals surface area contributed by atoms with E-state index in [0.717, 1.165) is 73.2 Å². The minimum Gasteiger partial charge on any atom is -0.465 e. The number of para-hydroxylation sites is 2. The number of piperidine rings is 1. The normalized spacial score (nSPS) is 15.5. The highest BCUT2D eigenvalue weighted by atomic mass is 16.5. The Kier molecular flexibility index (Phi) is 8.40. The van der Waals surface area contributed by atoms with Gasteiger partial charge in [-0.15, -0.1) is 0 Å². The predicted molar refractivity (Wildman–Crippen MR) is 137 cm³/mol. The second kappa shape index (κ2) is 11.9. The molecule has 3 aromatic rings. The summed E-state index contributed by atoms with van der Waals surface area (Å²) < 4.78 is 8.89. The van der Waals surface area contributed by atoms with Crippen molar-refractivity contribution >= 4 is 17.1 Å². The summed E-state index contributed by atoms with van der Waals surface area (Å²) in [5.41, 5.74) is 4.06. The number of fused-ring (bicyclic) bond motifs is 1. The van der Waals surface area contributed by atoms with Crippen LogP contribution in [0.3, 0.4) is 0 Å². The third kappa shape index (κ3) is 6.62. The molecule has 2 N–H and O–H groups in total. The lowest BCUT2D eigenvalue weighted by atomic mass is 10.0. The highest BCUT2D eigenvalue weighted by Gasteiger charge is 2.27. The molecule has 1 amide bonds. The van der Waals surface area contributed by atoms with Crippen LogP contribution in [0.5, 0.6) is 0 Å². The number of aryl methyl sites for hydroxylation is 1. The summed E-state index contributed by atoms with van der Waals surface area (Å²) >= 11 is 0. The average Bonchev–Trinajstić information content (AvgIpc) is 3.19. The maximum absolute atomic E-state index is 10.5. The Morgan fingerprint density at radius 1 is 1.17 bits per heavy atom. The number of hydrogen-bond donors (Lipinski definition) is 2. The van der Waals surface area contributed by atoms with Crippen molar-refractivity contribution < 1.29 is 14.6 Å². The maximum Gasteiger partial charge on any atom is 0.404 e. The number of unbranched alkanes of at least 4 members (excludes halogenated alkanes) is 2. The largest absolute Gasteiger partial charge is 0.465 e. The number of nitrogens with one attached hydrogen (secondary N) is 1. The number of rotatable bonds is 8. The van der Waals surface area contributed by atoms with Gasteiger partial charge in [-0.2, -0.15) is 0 Å². The lowest BCUT2D eigenvalue weighted by molar-refractivity contribution is -0.0276. The van der Waals surface area contributed by atoms with Crippen molar-refractivity contribution in [2.24, 2.45) is 7.05 Å². The number of ether oxygens (including phenoxy) is 1. The quantitative estimate of drug-likeness (QED) is 0.370. The molecule has 2 aromatic carbocycles. The Bertz CT molecular complexity index is 1200. The standard InChI is InChI=1S/C28H34N4O3/c1-31-18-15-23(16-19-31)35-26(27-30-24-13-6-7-14-25(24)32(27)2)22-12-9-11-21(20-22)10-5-3-4-8-17-29-28(33)34/h6-7,9,11-14,20,23,26,29H,3-4,8,15-19H2,1-2H3,(H,33,34). The van der Waals surface area contributed by atoms with E-state index in [-0.39, 0.29) is 12.2 Å². The SMILES string of the molecule is CN1CCC(OC(c2cccc(C#CCCCCNC(=O)O)c2)c2nc3ccccc3n2C)CC1. The highest BCUT2D eigenvalue weighted by molar-refractivity contribution is 5.76. The first-order chi connectivity index (χ1) is 17.0. The number of nitrogens with zero attached hydrogens (tertiary/aromatic N) is 3. The van der Waals surface area contributed by atoms with Crippen molar-refractivity contribution in [1.82, 2.24) is 19.8 Å². The second-order valence-corrected chi connectivity index (χ2v) is 9.15. The first-order valence-corrected chi connectivity index (χ1v) is 12.3. The van der Waals surface area contributed by atoms with Crippen LogP contribution < -0.4 is 5.32 Å². The van der Waals surface area contributed by atoms with Gasteiger partial charge in [-0.25, -0.2) is 9.78 Å². The third-order valence-corrected chi connectivity index (χ3v) is 6.48. The number of amides is 1. The molecule has 1 unspecified atom stereocenters. The van der Waals surface area contributed by atoms with E-state index >= 15 is 0 Å². The van der Waals surface area contributed by atoms with Gasteiger partial charge in [0, 0.05) is 38.7 Å². The van der Waals surface area contributed by atoms with Gasteiger partial charge in [0.15, 0.2) is 0 Å². The van der Waals surface area contributed by atoms with Crippen molar-refractivity contribution in [3.63, 3.8) is 0 Å². The number of imidazole rings is 1. The van der Waals surface area contributed by atoms with Crippen LogP contribution in [0.2, 0.25) is 0 Å². The van der Waals surface area contributed by atoms with Gasteiger partial charge in [-0.05, 0) is 62.6 Å². The van der Waals surface area contributed by atoms with Crippen molar-refractivity contribution in [2.45, 2.75) is 44.3 Å². The Morgan fingerprint density at radius 2 is 1.97 bits per heavy atom. The molecular weight excluding hydrogens is 440 g/mol. The van der Waals surface area contributed by atoms with Gasteiger partial charge < -0.3 is 24.6 Å². The van der Waals surface area contributed by atoms with Gasteiger partial charge in [-0.3, -0.25) is 0 Å². The second-order valence-electron chi connectivity index (χ2n) is 9.15. The number of carboxylic acid groups (broad SMARTS) is 1. The summed E-state index contributed by atoms with van der Waals surface area (Å²) in [4.78, 5) is 17.8. The zero-order chi connectivity index (χ0) is 24.6. The molecule has 0 saturated carbocycles. The minimum absolute atomic E-state index is 0.185. The van der Waals surface area contributed by atoms with Crippen molar-refractivity contribution in [3.8, 4) is 11.8 Å². The predicted octanol–water partition coefficient (Wildman–Crippen LogP) is 4.56. The summed E-state index contributed by atoms with van der Waals surface area (Å²) in [6, 6.07) is 16.4. The van der Waals surface area contributed by atoms with E-state index in [9.17, 15) is 4.79 Å². The molecule has 0 aliphatic carbocycles. The summed E-state index contributed by atoms with van der Waals surface area (Å²) in [6.07, 6.45) is 3.31. The number of likely N-dealkylation sites (tertiary alicyclic amines) is 1. The van der Waals surface area contributed by atoms with E-state index in [1.807, 2.05) is 30.3 Å². The van der Waals surface area contributed by atoms with Crippen molar-refractivity contribution in [2.75, 3.05) is 26.7 Å². The molecule has 4 rings (SSSR count). The van der Waals surface area contributed by atoms with E-state index in [0.29, 0.717) is 6.54 Å². The first kappa shape index (κ1) is 24.8. The van der Waals surface area contributed by atoms with E-state index in [2.05, 4.69) is 58.9 Å². The van der Waals surface area contributed by atoms with Crippen LogP contribution in [0.4, 0.5) is 4.79 Å². The smallest absolute Gasteiger partial charge is 0.404 e. The van der Waals surface area contributed by atoms with Crippen LogP contribution in [0.1, 0.15) is 55.2 Å². The molecular formula is C28H34N4O3. The molecule has 1 aliphatic rings. The van der Waals surface area contributed by atoms with Crippen LogP contribution in [-0.4, -0.2) is 58.4 Å². The zero-order valence-electron chi connectivity index (χ0n) is 20.5. The van der Waals surface area contributed by atoms with E-state index < -0.39 is 6.09 Å². The average molecular weight is 475 g/mol. The van der Waals surface area contributed by atoms with Crippen LogP contribution in [-0.2, 0) is 11.8 Å². The fraction of sp³-hybridized carbons (Fsp3) is 0.429. The summed E-state index contributed by atoms with van der Waals surface area (Å²) in [5.74, 6) is 7.39. The van der Waals surface area contributed by atoms with Gasteiger partial charge in [0.05, 0.1) is 17.1 Å². The van der Waals surface area contributed by atoms with Gasteiger partial charge in [0.1, 0.15) is 11.9 Å². The Hall–Kier alpha value is -3.34. The van der Waals surface area contributed by atoms with E-state index in [1.54, 1.807) is 0 Å². The van der Waals surface area contributed by atoms with Crippen LogP contribution in [0.15, 0.2) is 48.5 Å². The van der Waals surface area contributed by atoms with E-state index in [4.69, 9.17) is 14.8 Å². The fourth-order valence-corrected chi connectivity index (χ4v) is 4.48. The van der Waals surface area contributed by atoms with Gasteiger partial charge >= 0.3 is 6.09 Å². The van der Waals surface area contributed by atoms with Crippen LogP contribution >= 0.6 is 0 Å². The van der Waals surface area contributed by atoms with Crippen molar-refractivity contribution in [1.29, 1.82) is 0 Å². The Morgan fingerprint density at radius 3 is 2.74 bits per heavy atom. The highest BCUT2D eigenvalue weighted by Crippen LogP contribution is 2.31. The van der Waals surface area contributed by atoms with Crippen LogP contribution in [0.25, 0.3) is 11.0 Å². The third-order valence-electron chi connectivity index (χ3n) is 6.48. The van der Waals surface area contributed by atoms with E-state index in [1.165, 1.54) is 0 Å². The lowest BCUT2D eigenvalue weighted by Crippen LogP contribution is -2.35. The lowest BCUT2D eigenvalue weighted by Gasteiger charge is -2.32. The molecule has 0 spiro atoms. The number of benzene rings is 2. The van der Waals surface area contributed by atoms with Gasteiger partial charge in [0.2, 0.25) is 0 Å². The number of carbonyl (C=O) groups is 1. The molecule has 1 saturated heterocycles. The summed E-state index contributed by atoms with van der Waals surface area (Å²) in [6.45, 7) is 2.53. The zero-order valence-corrected chi connectivity index (χ0v) is 20.5. The molecule has 1 aromatic heterocycles. The summed E-state index contributed by atoms with van der Waals surface area (Å²) in [7, 11) is 4.21. The van der Waals surface area contributed by atoms with Gasteiger partial charge in [-0.1, -0.05) is 36.1 Å². The molecule has 35 heavy (non-hydrogen) atoms. The van der Waals surface area contributed by atoms with Crippen LogP contribution in [0, 0.1) is 11.8 Å². The fourth-order valence-electron chi connectivity index (χ4n) is 4.48. The molecule has 1 aliphatic heterocycles. The monoisotopic (exact) mass is 474 g/mol. The molecule has 0 bridgehead atoms. The molecule has 1 fully saturated rings. The molecule has 7 heteroatoms. The first-order valence-electron chi connectivity index (χ1n) is 12.3. The maximum atomic E-state index is 10.5. The van der Waals surface area contributed by atoms with Crippen molar-refractivity contribution in [3.05, 3.63) is 65.5 Å². The molecule has 0 radical (unpaired) electrons. The molecule has 2 heterocycles. The number of hydrogen-bond acceptors (Lipinski definition) is 4. The topological polar surface area (TPSA) is 79.6 Å². The Balaban J connectivity index is 1.54. The molecule has 7 nitrogen and oxygen atoms in total. The molecule has 1 atom stereocenters.